The average molecular weight is 330 g/mol. The van der Waals surface area contributed by atoms with Gasteiger partial charge in [0, 0.05) is 30.9 Å². The van der Waals surface area contributed by atoms with E-state index >= 15 is 0 Å². The molecule has 0 fully saturated rings. The summed E-state index contributed by atoms with van der Waals surface area (Å²) in [5, 5.41) is 17.9. The Morgan fingerprint density at radius 3 is 2.42 bits per heavy atom. The van der Waals surface area contributed by atoms with Crippen LogP contribution in [0.2, 0.25) is 0 Å². The van der Waals surface area contributed by atoms with Crippen LogP contribution in [0.1, 0.15) is 37.9 Å². The number of nitrogens with one attached hydrogen (secondary N) is 1. The number of carbonyl (C=O) groups excluding carboxylic acids is 1. The number of non-ortho nitro benzene ring substituents is 1. The summed E-state index contributed by atoms with van der Waals surface area (Å²) < 4.78 is 1.70. The Kier molecular flexibility index (Phi) is 5.02. The van der Waals surface area contributed by atoms with Crippen molar-refractivity contribution in [1.29, 1.82) is 0 Å². The standard InChI is InChI=1S/C17H22N4O3/c1-17(2,3)16(13-10-18-20(4)11-13)19-15(22)9-12-5-7-14(8-6-12)21(23)24/h5-8,10-11,16H,9H2,1-4H3,(H,19,22)/t16-/m0/s1. The van der Waals surface area contributed by atoms with E-state index in [4.69, 9.17) is 0 Å². The number of hydrogen-bond acceptors (Lipinski definition) is 4. The van der Waals surface area contributed by atoms with Crippen LogP contribution < -0.4 is 5.32 Å². The molecule has 128 valence electrons. The molecule has 1 heterocycles. The lowest BCUT2D eigenvalue weighted by Crippen LogP contribution is -2.37. The molecule has 7 heteroatoms. The highest BCUT2D eigenvalue weighted by Crippen LogP contribution is 2.32. The van der Waals surface area contributed by atoms with E-state index in [2.05, 4.69) is 31.2 Å². The summed E-state index contributed by atoms with van der Waals surface area (Å²) in [4.78, 5) is 22.6. The summed E-state index contributed by atoms with van der Waals surface area (Å²) in [5.41, 5.74) is 1.52. The van der Waals surface area contributed by atoms with Gasteiger partial charge in [-0.05, 0) is 11.0 Å². The molecule has 1 amide bonds. The van der Waals surface area contributed by atoms with Crippen molar-refractivity contribution in [2.24, 2.45) is 12.5 Å². The molecule has 1 atom stereocenters. The summed E-state index contributed by atoms with van der Waals surface area (Å²) in [6, 6.07) is 5.86. The van der Waals surface area contributed by atoms with Crippen LogP contribution in [0.3, 0.4) is 0 Å². The van der Waals surface area contributed by atoms with Crippen molar-refractivity contribution >= 4 is 11.6 Å². The second-order valence-electron chi connectivity index (χ2n) is 6.91. The minimum atomic E-state index is -0.456. The molecule has 0 unspecified atom stereocenters. The van der Waals surface area contributed by atoms with Gasteiger partial charge in [0.1, 0.15) is 0 Å². The van der Waals surface area contributed by atoms with Gasteiger partial charge in [-0.3, -0.25) is 19.6 Å². The zero-order valence-electron chi connectivity index (χ0n) is 14.3. The number of hydrogen-bond donors (Lipinski definition) is 1. The Balaban J connectivity index is 2.09. The average Bonchev–Trinajstić information content (AvgIpc) is 2.90. The van der Waals surface area contributed by atoms with E-state index in [1.807, 2.05) is 13.2 Å². The first-order valence-corrected chi connectivity index (χ1v) is 7.68. The van der Waals surface area contributed by atoms with Crippen LogP contribution in [0, 0.1) is 15.5 Å². The third-order valence-corrected chi connectivity index (χ3v) is 3.74. The highest BCUT2D eigenvalue weighted by molar-refractivity contribution is 5.79. The SMILES string of the molecule is Cn1cc([C@H](NC(=O)Cc2ccc([N+](=O)[O-])cc2)C(C)(C)C)cn1. The molecule has 2 rings (SSSR count). The van der Waals surface area contributed by atoms with Crippen LogP contribution in [-0.4, -0.2) is 20.6 Å². The van der Waals surface area contributed by atoms with Crippen LogP contribution in [0.25, 0.3) is 0 Å². The molecule has 0 aliphatic carbocycles. The summed E-state index contributed by atoms with van der Waals surface area (Å²) in [5.74, 6) is -0.132. The van der Waals surface area contributed by atoms with E-state index in [9.17, 15) is 14.9 Å². The van der Waals surface area contributed by atoms with E-state index in [-0.39, 0.29) is 29.5 Å². The van der Waals surface area contributed by atoms with Gasteiger partial charge in [0.15, 0.2) is 0 Å². The zero-order valence-corrected chi connectivity index (χ0v) is 14.3. The van der Waals surface area contributed by atoms with E-state index in [1.54, 1.807) is 23.0 Å². The maximum absolute atomic E-state index is 12.4. The van der Waals surface area contributed by atoms with E-state index in [1.165, 1.54) is 12.1 Å². The zero-order chi connectivity index (χ0) is 17.9. The fourth-order valence-electron chi connectivity index (χ4n) is 2.52. The largest absolute Gasteiger partial charge is 0.348 e. The van der Waals surface area contributed by atoms with Gasteiger partial charge in [0.05, 0.1) is 23.6 Å². The number of nitrogens with zero attached hydrogens (tertiary/aromatic N) is 3. The smallest absolute Gasteiger partial charge is 0.269 e. The number of rotatable bonds is 5. The number of aryl methyl sites for hydroxylation is 1. The van der Waals surface area contributed by atoms with Crippen LogP contribution >= 0.6 is 0 Å². The molecule has 0 spiro atoms. The summed E-state index contributed by atoms with van der Waals surface area (Å²) >= 11 is 0. The molecule has 1 aromatic carbocycles. The summed E-state index contributed by atoms with van der Waals surface area (Å²) in [6.07, 6.45) is 3.81. The Labute approximate surface area is 140 Å². The third-order valence-electron chi connectivity index (χ3n) is 3.74. The number of benzene rings is 1. The van der Waals surface area contributed by atoms with E-state index < -0.39 is 4.92 Å². The van der Waals surface area contributed by atoms with Crippen molar-refractivity contribution in [3.05, 3.63) is 57.9 Å². The first-order valence-electron chi connectivity index (χ1n) is 7.68. The molecule has 0 aliphatic rings. The minimum absolute atomic E-state index is 0.0158. The Hall–Kier alpha value is -2.70. The first kappa shape index (κ1) is 17.7. The van der Waals surface area contributed by atoms with Gasteiger partial charge in [-0.25, -0.2) is 0 Å². The monoisotopic (exact) mass is 330 g/mol. The Morgan fingerprint density at radius 1 is 1.33 bits per heavy atom. The summed E-state index contributed by atoms with van der Waals surface area (Å²) in [6.45, 7) is 6.16. The van der Waals surface area contributed by atoms with Crippen LogP contribution in [0.15, 0.2) is 36.7 Å². The lowest BCUT2D eigenvalue weighted by molar-refractivity contribution is -0.384. The van der Waals surface area contributed by atoms with Gasteiger partial charge in [-0.15, -0.1) is 0 Å². The second-order valence-corrected chi connectivity index (χ2v) is 6.91. The number of nitro benzene ring substituents is 1. The van der Waals surface area contributed by atoms with Crippen LogP contribution in [0.4, 0.5) is 5.69 Å². The van der Waals surface area contributed by atoms with Crippen molar-refractivity contribution in [2.45, 2.75) is 33.2 Å². The lowest BCUT2D eigenvalue weighted by Gasteiger charge is -2.30. The highest BCUT2D eigenvalue weighted by Gasteiger charge is 2.28. The molecular formula is C17H22N4O3. The van der Waals surface area contributed by atoms with Gasteiger partial charge in [0.2, 0.25) is 5.91 Å². The topological polar surface area (TPSA) is 90.1 Å². The molecule has 2 aromatic rings. The van der Waals surface area contributed by atoms with E-state index in [0.717, 1.165) is 11.1 Å². The number of aromatic nitrogens is 2. The second kappa shape index (κ2) is 6.82. The lowest BCUT2D eigenvalue weighted by atomic mass is 9.83. The molecule has 1 aromatic heterocycles. The van der Waals surface area contributed by atoms with Gasteiger partial charge in [-0.2, -0.15) is 5.10 Å². The predicted octanol–water partition coefficient (Wildman–Crippen LogP) is 2.77. The molecule has 24 heavy (non-hydrogen) atoms. The fourth-order valence-corrected chi connectivity index (χ4v) is 2.52. The van der Waals surface area contributed by atoms with Crippen molar-refractivity contribution in [3.63, 3.8) is 0 Å². The molecule has 0 aliphatic heterocycles. The molecule has 1 N–H and O–H groups in total. The maximum Gasteiger partial charge on any atom is 0.269 e. The first-order chi connectivity index (χ1) is 11.2. The predicted molar refractivity (Wildman–Crippen MR) is 90.3 cm³/mol. The van der Waals surface area contributed by atoms with Crippen molar-refractivity contribution in [3.8, 4) is 0 Å². The molecule has 0 bridgehead atoms. The number of amides is 1. The maximum atomic E-state index is 12.4. The van der Waals surface area contributed by atoms with Gasteiger partial charge in [-0.1, -0.05) is 32.9 Å². The van der Waals surface area contributed by atoms with Gasteiger partial charge >= 0.3 is 0 Å². The molecule has 0 saturated heterocycles. The van der Waals surface area contributed by atoms with E-state index in [0.29, 0.717) is 0 Å². The number of nitro groups is 1. The highest BCUT2D eigenvalue weighted by atomic mass is 16.6. The normalized spacial score (nSPS) is 12.7. The molecular weight excluding hydrogens is 308 g/mol. The third kappa shape index (κ3) is 4.41. The van der Waals surface area contributed by atoms with Crippen molar-refractivity contribution < 1.29 is 9.72 Å². The Bertz CT molecular complexity index is 729. The molecule has 7 nitrogen and oxygen atoms in total. The minimum Gasteiger partial charge on any atom is -0.348 e. The van der Waals surface area contributed by atoms with Gasteiger partial charge < -0.3 is 5.32 Å². The Morgan fingerprint density at radius 2 is 1.96 bits per heavy atom. The number of carbonyl (C=O) groups is 1. The quantitative estimate of drug-likeness (QED) is 0.674. The summed E-state index contributed by atoms with van der Waals surface area (Å²) in [7, 11) is 1.84. The van der Waals surface area contributed by atoms with Crippen molar-refractivity contribution in [1.82, 2.24) is 15.1 Å². The van der Waals surface area contributed by atoms with Crippen LogP contribution in [-0.2, 0) is 18.3 Å². The molecule has 0 radical (unpaired) electrons. The van der Waals surface area contributed by atoms with Gasteiger partial charge in [0.25, 0.3) is 5.69 Å². The van der Waals surface area contributed by atoms with Crippen LogP contribution in [0.5, 0.6) is 0 Å². The van der Waals surface area contributed by atoms with Crippen molar-refractivity contribution in [2.75, 3.05) is 0 Å². The molecule has 0 saturated carbocycles. The fraction of sp³-hybridized carbons (Fsp3) is 0.412.